The van der Waals surface area contributed by atoms with Crippen LogP contribution >= 0.6 is 22.6 Å². The zero-order chi connectivity index (χ0) is 13.6. The lowest BCUT2D eigenvalue weighted by atomic mass is 9.85. The van der Waals surface area contributed by atoms with Crippen molar-refractivity contribution in [3.63, 3.8) is 0 Å². The number of ketones is 1. The van der Waals surface area contributed by atoms with E-state index in [0.717, 1.165) is 0 Å². The van der Waals surface area contributed by atoms with Crippen molar-refractivity contribution in [2.75, 3.05) is 0 Å². The van der Waals surface area contributed by atoms with E-state index in [2.05, 4.69) is 0 Å². The van der Waals surface area contributed by atoms with E-state index in [1.165, 1.54) is 12.1 Å². The summed E-state index contributed by atoms with van der Waals surface area (Å²) < 4.78 is 18.9. The van der Waals surface area contributed by atoms with Gasteiger partial charge in [0.2, 0.25) is 0 Å². The monoisotopic (exact) mass is 372 g/mol. The molecule has 0 N–H and O–H groups in total. The molecule has 1 aliphatic heterocycles. The molecular formula is C14H10FIO3. The summed E-state index contributed by atoms with van der Waals surface area (Å²) in [6.45, 7) is 0. The van der Waals surface area contributed by atoms with Crippen LogP contribution in [0.5, 0.6) is 0 Å². The van der Waals surface area contributed by atoms with Gasteiger partial charge in [-0.05, 0) is 59.7 Å². The molecule has 0 bridgehead atoms. The van der Waals surface area contributed by atoms with Crippen molar-refractivity contribution in [1.29, 1.82) is 0 Å². The van der Waals surface area contributed by atoms with Gasteiger partial charge in [-0.15, -0.1) is 0 Å². The fourth-order valence-electron chi connectivity index (χ4n) is 2.61. The smallest absolute Gasteiger partial charge is 0.330 e. The van der Waals surface area contributed by atoms with E-state index in [1.807, 2.05) is 22.6 Å². The van der Waals surface area contributed by atoms with Crippen LogP contribution in [0.2, 0.25) is 0 Å². The van der Waals surface area contributed by atoms with Crippen LogP contribution in [0.4, 0.5) is 4.39 Å². The summed E-state index contributed by atoms with van der Waals surface area (Å²) in [5.41, 5.74) is -0.472. The Hall–Kier alpha value is -1.24. The lowest BCUT2D eigenvalue weighted by molar-refractivity contribution is -0.147. The van der Waals surface area contributed by atoms with Gasteiger partial charge in [-0.25, -0.2) is 4.39 Å². The predicted molar refractivity (Wildman–Crippen MR) is 74.7 cm³/mol. The van der Waals surface area contributed by atoms with Gasteiger partial charge in [-0.3, -0.25) is 9.59 Å². The number of rotatable bonds is 1. The number of hydrogen-bond acceptors (Lipinski definition) is 3. The largest absolute Gasteiger partial charge is 0.424 e. The summed E-state index contributed by atoms with van der Waals surface area (Å²) in [5.74, 6) is -0.520. The lowest BCUT2D eigenvalue weighted by Crippen LogP contribution is -2.32. The summed E-state index contributed by atoms with van der Waals surface area (Å²) in [6, 6.07) is 5.72. The minimum absolute atomic E-state index is 0.0704. The molecule has 2 aliphatic rings. The number of carbonyl (C=O) groups is 2. The minimum atomic E-state index is -1.09. The van der Waals surface area contributed by atoms with Crippen molar-refractivity contribution in [2.24, 2.45) is 5.41 Å². The topological polar surface area (TPSA) is 43.4 Å². The van der Waals surface area contributed by atoms with Gasteiger partial charge in [-0.1, -0.05) is 0 Å². The molecule has 0 unspecified atom stereocenters. The molecule has 1 aliphatic carbocycles. The van der Waals surface area contributed by atoms with Crippen LogP contribution in [-0.2, 0) is 14.3 Å². The number of ether oxygens (including phenoxy) is 1. The van der Waals surface area contributed by atoms with Crippen LogP contribution in [-0.4, -0.2) is 11.8 Å². The molecule has 0 radical (unpaired) electrons. The highest BCUT2D eigenvalue weighted by molar-refractivity contribution is 14.1. The Labute approximate surface area is 123 Å². The molecule has 1 aromatic carbocycles. The molecule has 1 saturated carbocycles. The Morgan fingerprint density at radius 2 is 1.89 bits per heavy atom. The van der Waals surface area contributed by atoms with E-state index in [0.29, 0.717) is 34.2 Å². The van der Waals surface area contributed by atoms with E-state index < -0.39 is 11.4 Å². The molecule has 1 fully saturated rings. The highest BCUT2D eigenvalue weighted by Crippen LogP contribution is 2.53. The molecule has 0 saturated heterocycles. The van der Waals surface area contributed by atoms with Crippen molar-refractivity contribution >= 4 is 40.1 Å². The van der Waals surface area contributed by atoms with Crippen LogP contribution < -0.4 is 0 Å². The van der Waals surface area contributed by atoms with Crippen molar-refractivity contribution in [3.05, 3.63) is 39.2 Å². The Morgan fingerprint density at radius 1 is 1.21 bits per heavy atom. The van der Waals surface area contributed by atoms with Gasteiger partial charge in [0.25, 0.3) is 0 Å². The van der Waals surface area contributed by atoms with Gasteiger partial charge >= 0.3 is 5.97 Å². The van der Waals surface area contributed by atoms with E-state index in [4.69, 9.17) is 4.74 Å². The summed E-state index contributed by atoms with van der Waals surface area (Å²) in [7, 11) is 0. The second-order valence-electron chi connectivity index (χ2n) is 4.72. The first-order chi connectivity index (χ1) is 9.05. The summed E-state index contributed by atoms with van der Waals surface area (Å²) in [4.78, 5) is 24.2. The average molecular weight is 372 g/mol. The minimum Gasteiger partial charge on any atom is -0.424 e. The van der Waals surface area contributed by atoms with Crippen molar-refractivity contribution in [3.8, 4) is 0 Å². The molecule has 1 aromatic rings. The van der Waals surface area contributed by atoms with Crippen LogP contribution in [0.3, 0.4) is 0 Å². The van der Waals surface area contributed by atoms with Gasteiger partial charge in [0.1, 0.15) is 11.6 Å². The third-order valence-electron chi connectivity index (χ3n) is 3.66. The predicted octanol–water partition coefficient (Wildman–Crippen LogP) is 3.23. The molecule has 1 heterocycles. The maximum Gasteiger partial charge on any atom is 0.330 e. The number of cyclic esters (lactones) is 1. The van der Waals surface area contributed by atoms with Gasteiger partial charge < -0.3 is 4.74 Å². The average Bonchev–Trinajstić information content (AvgIpc) is 2.89. The molecule has 0 aromatic heterocycles. The molecule has 98 valence electrons. The maximum absolute atomic E-state index is 12.9. The van der Waals surface area contributed by atoms with Crippen molar-refractivity contribution in [2.45, 2.75) is 19.3 Å². The third kappa shape index (κ3) is 1.74. The number of benzene rings is 1. The van der Waals surface area contributed by atoms with Gasteiger partial charge in [0.05, 0.1) is 3.58 Å². The van der Waals surface area contributed by atoms with Gasteiger partial charge in [0, 0.05) is 12.0 Å². The quantitative estimate of drug-likeness (QED) is 0.432. The zero-order valence-corrected chi connectivity index (χ0v) is 12.1. The number of Topliss-reactive ketones (excluding diaryl/α,β-unsaturated/α-hetero) is 1. The normalized spacial score (nSPS) is 26.4. The van der Waals surface area contributed by atoms with Crippen LogP contribution in [0.15, 0.2) is 27.8 Å². The Kier molecular flexibility index (Phi) is 2.96. The maximum atomic E-state index is 12.9. The SMILES string of the molecule is O=C1CCC[C@]12C(=O)OC(c1ccc(F)cc1)=C2I. The highest BCUT2D eigenvalue weighted by atomic mass is 127. The first-order valence-corrected chi connectivity index (χ1v) is 7.05. The van der Waals surface area contributed by atoms with Crippen molar-refractivity contribution in [1.82, 2.24) is 0 Å². The molecule has 1 atom stereocenters. The molecule has 5 heteroatoms. The molecular weight excluding hydrogens is 362 g/mol. The molecule has 3 rings (SSSR count). The zero-order valence-electron chi connectivity index (χ0n) is 9.91. The van der Waals surface area contributed by atoms with Crippen molar-refractivity contribution < 1.29 is 18.7 Å². The Balaban J connectivity index is 2.10. The first kappa shape index (κ1) is 12.8. The summed E-state index contributed by atoms with van der Waals surface area (Å²) in [6.07, 6.45) is 1.63. The number of carbonyl (C=O) groups excluding carboxylic acids is 2. The Morgan fingerprint density at radius 3 is 2.47 bits per heavy atom. The van der Waals surface area contributed by atoms with Crippen LogP contribution in [0.1, 0.15) is 24.8 Å². The van der Waals surface area contributed by atoms with E-state index in [1.54, 1.807) is 12.1 Å². The molecule has 3 nitrogen and oxygen atoms in total. The third-order valence-corrected chi connectivity index (χ3v) is 5.07. The van der Waals surface area contributed by atoms with Crippen LogP contribution in [0, 0.1) is 11.2 Å². The number of esters is 1. The van der Waals surface area contributed by atoms with Gasteiger partial charge in [-0.2, -0.15) is 0 Å². The standard InChI is InChI=1S/C14H10FIO3/c15-9-5-3-8(4-6-9)11-12(16)14(13(18)19-11)7-1-2-10(14)17/h3-6H,1-2,7H2/t14-/m0/s1. The summed E-state index contributed by atoms with van der Waals surface area (Å²) in [5, 5.41) is 0. The Bertz CT molecular complexity index is 606. The summed E-state index contributed by atoms with van der Waals surface area (Å²) >= 11 is 2.01. The molecule has 1 spiro atoms. The number of hydrogen-bond donors (Lipinski definition) is 0. The van der Waals surface area contributed by atoms with Crippen LogP contribution in [0.25, 0.3) is 5.76 Å². The fraction of sp³-hybridized carbons (Fsp3) is 0.286. The first-order valence-electron chi connectivity index (χ1n) is 5.97. The second kappa shape index (κ2) is 4.40. The van der Waals surface area contributed by atoms with E-state index in [-0.39, 0.29) is 11.6 Å². The highest BCUT2D eigenvalue weighted by Gasteiger charge is 2.57. The molecule has 0 amide bonds. The number of halogens is 2. The second-order valence-corrected chi connectivity index (χ2v) is 5.80. The fourth-order valence-corrected chi connectivity index (χ4v) is 3.82. The van der Waals surface area contributed by atoms with E-state index >= 15 is 0 Å². The van der Waals surface area contributed by atoms with Gasteiger partial charge in [0.15, 0.2) is 11.2 Å². The lowest BCUT2D eigenvalue weighted by Gasteiger charge is -2.16. The van der Waals surface area contributed by atoms with E-state index in [9.17, 15) is 14.0 Å². The molecule has 19 heavy (non-hydrogen) atoms.